The summed E-state index contributed by atoms with van der Waals surface area (Å²) in [6.07, 6.45) is 5.11. The normalized spacial score (nSPS) is 35.3. The molecule has 3 unspecified atom stereocenters. The minimum Gasteiger partial charge on any atom is -0.379 e. The zero-order valence-electron chi connectivity index (χ0n) is 14.4. The molecule has 0 saturated carbocycles. The van der Waals surface area contributed by atoms with E-state index in [0.29, 0.717) is 6.61 Å². The lowest BCUT2D eigenvalue weighted by atomic mass is 9.97. The molecule has 25 heavy (non-hydrogen) atoms. The fraction of sp³-hybridized carbons (Fsp3) is 0.611. The average molecular weight is 344 g/mol. The number of rotatable bonds is 4. The molecule has 2 aromatic rings. The predicted molar refractivity (Wildman–Crippen MR) is 91.4 cm³/mol. The van der Waals surface area contributed by atoms with Gasteiger partial charge in [0.2, 0.25) is 0 Å². The highest BCUT2D eigenvalue weighted by Gasteiger charge is 2.52. The Morgan fingerprint density at radius 2 is 2.36 bits per heavy atom. The van der Waals surface area contributed by atoms with Gasteiger partial charge in [0.05, 0.1) is 24.9 Å². The quantitative estimate of drug-likeness (QED) is 0.790. The van der Waals surface area contributed by atoms with Crippen LogP contribution in [-0.2, 0) is 19.7 Å². The maximum atomic E-state index is 5.91. The lowest BCUT2D eigenvalue weighted by molar-refractivity contribution is 0.0112. The number of aryl methyl sites for hydroxylation is 1. The van der Waals surface area contributed by atoms with E-state index in [2.05, 4.69) is 40.3 Å². The van der Waals surface area contributed by atoms with Crippen molar-refractivity contribution in [2.45, 2.75) is 37.3 Å². The van der Waals surface area contributed by atoms with Gasteiger partial charge < -0.3 is 23.9 Å². The number of nitrogens with one attached hydrogen (secondary N) is 2. The molecule has 7 heteroatoms. The molecule has 2 N–H and O–H groups in total. The van der Waals surface area contributed by atoms with E-state index in [1.165, 1.54) is 5.56 Å². The van der Waals surface area contributed by atoms with E-state index in [4.69, 9.17) is 19.2 Å². The van der Waals surface area contributed by atoms with Crippen LogP contribution in [0.4, 0.5) is 0 Å². The summed E-state index contributed by atoms with van der Waals surface area (Å²) in [5.74, 6) is 1.00. The maximum Gasteiger partial charge on any atom is 0.138 e. The summed E-state index contributed by atoms with van der Waals surface area (Å²) in [5.41, 5.74) is 2.04. The molecule has 134 valence electrons. The Balaban J connectivity index is 1.41. The number of aromatic nitrogens is 2. The van der Waals surface area contributed by atoms with Crippen LogP contribution in [0.5, 0.6) is 0 Å². The summed E-state index contributed by atoms with van der Waals surface area (Å²) in [7, 11) is 0. The minimum atomic E-state index is -0.318. The molecule has 0 amide bonds. The summed E-state index contributed by atoms with van der Waals surface area (Å²) < 4.78 is 19.7. The summed E-state index contributed by atoms with van der Waals surface area (Å²) in [6, 6.07) is 4.18. The molecule has 3 saturated heterocycles. The van der Waals surface area contributed by atoms with Gasteiger partial charge in [-0.25, -0.2) is 4.98 Å². The summed E-state index contributed by atoms with van der Waals surface area (Å²) >= 11 is 0. The Morgan fingerprint density at radius 3 is 3.16 bits per heavy atom. The highest BCUT2D eigenvalue weighted by molar-refractivity contribution is 5.54. The number of hydrogen-bond donors (Lipinski definition) is 2. The van der Waals surface area contributed by atoms with Crippen molar-refractivity contribution in [3.05, 3.63) is 35.9 Å². The average Bonchev–Trinajstić information content (AvgIpc) is 3.04. The van der Waals surface area contributed by atoms with Crippen molar-refractivity contribution in [3.8, 4) is 0 Å². The molecule has 7 nitrogen and oxygen atoms in total. The first kappa shape index (κ1) is 15.7. The first-order valence-corrected chi connectivity index (χ1v) is 9.03. The van der Waals surface area contributed by atoms with Crippen molar-refractivity contribution in [1.82, 2.24) is 20.0 Å². The van der Waals surface area contributed by atoms with Gasteiger partial charge in [-0.1, -0.05) is 6.07 Å². The Kier molecular flexibility index (Phi) is 3.79. The molecule has 3 aliphatic heterocycles. The number of fused-ring (bicyclic) bond motifs is 1. The topological polar surface area (TPSA) is 72.4 Å². The van der Waals surface area contributed by atoms with Crippen molar-refractivity contribution in [1.29, 1.82) is 0 Å². The van der Waals surface area contributed by atoms with Gasteiger partial charge in [-0.05, 0) is 25.0 Å². The predicted octanol–water partition coefficient (Wildman–Crippen LogP) is 0.561. The van der Waals surface area contributed by atoms with Gasteiger partial charge in [0.1, 0.15) is 29.8 Å². The van der Waals surface area contributed by atoms with Crippen LogP contribution in [0.25, 0.3) is 5.52 Å². The first-order valence-electron chi connectivity index (χ1n) is 9.03. The Labute approximate surface area is 146 Å². The molecule has 3 aliphatic rings. The molecule has 0 radical (unpaired) electrons. The monoisotopic (exact) mass is 344 g/mol. The molecular formula is C18H24N4O3. The number of imidazole rings is 1. The third-order valence-electron chi connectivity index (χ3n) is 5.50. The summed E-state index contributed by atoms with van der Waals surface area (Å²) in [5, 5.41) is 7.05. The van der Waals surface area contributed by atoms with Crippen LogP contribution in [0.1, 0.15) is 17.8 Å². The standard InChI is InChI=1S/C18H24N4O3/c1-12-3-2-6-22-13(12)9-20-17(22)18(4-7-23-11-18)21-16-15(25-16)14-10-19-5-8-24-14/h2-3,6,9,14-16,19,21H,4-5,7-8,10-11H2,1H3/t14-,15?,16?,18?/m0/s1. The fourth-order valence-electron chi connectivity index (χ4n) is 4.03. The first-order chi connectivity index (χ1) is 12.3. The summed E-state index contributed by atoms with van der Waals surface area (Å²) in [4.78, 5) is 4.75. The SMILES string of the molecule is Cc1cccn2c(C3(NC4OC4[C@@H]4CNCCO4)CCOC3)ncc12. The number of ether oxygens (including phenoxy) is 3. The lowest BCUT2D eigenvalue weighted by Crippen LogP contribution is -2.49. The molecule has 5 rings (SSSR count). The van der Waals surface area contributed by atoms with Gasteiger partial charge in [0.15, 0.2) is 0 Å². The van der Waals surface area contributed by atoms with Crippen molar-refractivity contribution in [3.63, 3.8) is 0 Å². The van der Waals surface area contributed by atoms with Gasteiger partial charge >= 0.3 is 0 Å². The molecular weight excluding hydrogens is 320 g/mol. The second kappa shape index (κ2) is 6.03. The second-order valence-electron chi connectivity index (χ2n) is 7.19. The molecule has 0 bridgehead atoms. The molecule has 5 heterocycles. The molecule has 2 aromatic heterocycles. The van der Waals surface area contributed by atoms with Crippen molar-refractivity contribution < 1.29 is 14.2 Å². The fourth-order valence-corrected chi connectivity index (χ4v) is 4.03. The van der Waals surface area contributed by atoms with Crippen LogP contribution < -0.4 is 10.6 Å². The van der Waals surface area contributed by atoms with E-state index in [-0.39, 0.29) is 24.0 Å². The Bertz CT molecular complexity index is 765. The summed E-state index contributed by atoms with van der Waals surface area (Å²) in [6.45, 7) is 5.95. The minimum absolute atomic E-state index is 0.0104. The molecule has 3 fully saturated rings. The van der Waals surface area contributed by atoms with Gasteiger partial charge in [-0.2, -0.15) is 0 Å². The molecule has 4 atom stereocenters. The highest BCUT2D eigenvalue weighted by atomic mass is 16.6. The Hall–Kier alpha value is -1.51. The van der Waals surface area contributed by atoms with Crippen LogP contribution in [0.15, 0.2) is 24.5 Å². The number of nitrogens with zero attached hydrogens (tertiary/aromatic N) is 2. The van der Waals surface area contributed by atoms with Crippen molar-refractivity contribution in [2.75, 3.05) is 32.9 Å². The number of hydrogen-bond acceptors (Lipinski definition) is 6. The van der Waals surface area contributed by atoms with Gasteiger partial charge in [0.25, 0.3) is 0 Å². The van der Waals surface area contributed by atoms with E-state index in [0.717, 1.165) is 44.1 Å². The number of pyridine rings is 1. The smallest absolute Gasteiger partial charge is 0.138 e. The van der Waals surface area contributed by atoms with E-state index < -0.39 is 0 Å². The molecule has 0 spiro atoms. The van der Waals surface area contributed by atoms with Gasteiger partial charge in [0, 0.05) is 25.9 Å². The van der Waals surface area contributed by atoms with Gasteiger partial charge in [-0.3, -0.25) is 5.32 Å². The zero-order chi connectivity index (χ0) is 16.9. The van der Waals surface area contributed by atoms with Gasteiger partial charge in [-0.15, -0.1) is 0 Å². The van der Waals surface area contributed by atoms with Crippen LogP contribution in [-0.4, -0.2) is 60.7 Å². The third-order valence-corrected chi connectivity index (χ3v) is 5.50. The van der Waals surface area contributed by atoms with E-state index in [9.17, 15) is 0 Å². The van der Waals surface area contributed by atoms with E-state index in [1.807, 2.05) is 6.20 Å². The van der Waals surface area contributed by atoms with E-state index in [1.54, 1.807) is 0 Å². The lowest BCUT2D eigenvalue weighted by Gasteiger charge is -2.28. The molecule has 0 aromatic carbocycles. The Morgan fingerprint density at radius 1 is 1.40 bits per heavy atom. The third kappa shape index (κ3) is 2.67. The largest absolute Gasteiger partial charge is 0.379 e. The van der Waals surface area contributed by atoms with Crippen LogP contribution in [0.2, 0.25) is 0 Å². The van der Waals surface area contributed by atoms with Crippen molar-refractivity contribution in [2.24, 2.45) is 0 Å². The number of morpholine rings is 1. The highest BCUT2D eigenvalue weighted by Crippen LogP contribution is 2.36. The second-order valence-corrected chi connectivity index (χ2v) is 7.19. The maximum absolute atomic E-state index is 5.91. The van der Waals surface area contributed by atoms with E-state index >= 15 is 0 Å². The van der Waals surface area contributed by atoms with Crippen molar-refractivity contribution >= 4 is 5.52 Å². The van der Waals surface area contributed by atoms with Crippen LogP contribution in [0, 0.1) is 6.92 Å². The zero-order valence-corrected chi connectivity index (χ0v) is 14.4. The van der Waals surface area contributed by atoms with Crippen LogP contribution >= 0.6 is 0 Å². The van der Waals surface area contributed by atoms with Crippen LogP contribution in [0.3, 0.4) is 0 Å². The number of epoxide rings is 1. The molecule has 0 aliphatic carbocycles.